The van der Waals surface area contributed by atoms with Crippen molar-refractivity contribution in [3.8, 4) is 0 Å². The lowest BCUT2D eigenvalue weighted by Gasteiger charge is -2.15. The van der Waals surface area contributed by atoms with Gasteiger partial charge in [-0.1, -0.05) is 13.3 Å². The Hall–Kier alpha value is -0.800. The van der Waals surface area contributed by atoms with Crippen LogP contribution in [0.3, 0.4) is 0 Å². The molecule has 3 nitrogen and oxygen atoms in total. The number of halogens is 1. The molecule has 1 atom stereocenters. The van der Waals surface area contributed by atoms with Gasteiger partial charge in [0.25, 0.3) is 0 Å². The molecular formula is C9H16FNO2. The fourth-order valence-electron chi connectivity index (χ4n) is 1.55. The first-order chi connectivity index (χ1) is 6.27. The molecule has 0 saturated carbocycles. The topological polar surface area (TPSA) is 29.5 Å². The predicted molar refractivity (Wildman–Crippen MR) is 47.3 cm³/mol. The third-order valence-corrected chi connectivity index (χ3v) is 2.42. The first kappa shape index (κ1) is 10.3. The number of hydrogen-bond acceptors (Lipinski definition) is 2. The average Bonchev–Trinajstić information content (AvgIpc) is 2.62. The van der Waals surface area contributed by atoms with Gasteiger partial charge in [0.1, 0.15) is 13.3 Å². The molecule has 1 heterocycles. The molecule has 4 heteroatoms. The van der Waals surface area contributed by atoms with Crippen molar-refractivity contribution >= 4 is 6.09 Å². The van der Waals surface area contributed by atoms with E-state index in [0.717, 1.165) is 25.9 Å². The van der Waals surface area contributed by atoms with Gasteiger partial charge in [0, 0.05) is 13.1 Å². The Balaban J connectivity index is 2.25. The fraction of sp³-hybridized carbons (Fsp3) is 0.889. The third kappa shape index (κ3) is 2.86. The summed E-state index contributed by atoms with van der Waals surface area (Å²) in [6, 6.07) is 0. The van der Waals surface area contributed by atoms with Crippen LogP contribution in [0.4, 0.5) is 9.18 Å². The van der Waals surface area contributed by atoms with Crippen molar-refractivity contribution in [3.63, 3.8) is 0 Å². The molecule has 0 bridgehead atoms. The molecule has 0 aromatic rings. The summed E-state index contributed by atoms with van der Waals surface area (Å²) >= 11 is 0. The summed E-state index contributed by atoms with van der Waals surface area (Å²) in [5.74, 6) is 0.595. The smallest absolute Gasteiger partial charge is 0.409 e. The van der Waals surface area contributed by atoms with Crippen molar-refractivity contribution in [2.45, 2.75) is 19.8 Å². The number of carbonyl (C=O) groups excluding carboxylic acids is 1. The van der Waals surface area contributed by atoms with E-state index in [4.69, 9.17) is 0 Å². The Morgan fingerprint density at radius 2 is 2.46 bits per heavy atom. The standard InChI is InChI=1S/C9H16FNO2/c1-2-8-3-5-11(7-8)9(12)13-6-4-10/h8H,2-7H2,1H3. The number of amides is 1. The molecule has 1 saturated heterocycles. The third-order valence-electron chi connectivity index (χ3n) is 2.42. The Morgan fingerprint density at radius 3 is 3.00 bits per heavy atom. The second kappa shape index (κ2) is 5.04. The molecule has 1 aliphatic heterocycles. The van der Waals surface area contributed by atoms with E-state index in [1.165, 1.54) is 0 Å². The van der Waals surface area contributed by atoms with E-state index < -0.39 is 6.67 Å². The van der Waals surface area contributed by atoms with Gasteiger partial charge in [-0.05, 0) is 12.3 Å². The van der Waals surface area contributed by atoms with Gasteiger partial charge in [-0.25, -0.2) is 9.18 Å². The number of nitrogens with zero attached hydrogens (tertiary/aromatic N) is 1. The first-order valence-electron chi connectivity index (χ1n) is 4.75. The monoisotopic (exact) mass is 189 g/mol. The van der Waals surface area contributed by atoms with E-state index in [2.05, 4.69) is 11.7 Å². The van der Waals surface area contributed by atoms with Crippen molar-refractivity contribution in [1.82, 2.24) is 4.90 Å². The van der Waals surface area contributed by atoms with E-state index in [-0.39, 0.29) is 12.7 Å². The number of carbonyl (C=O) groups is 1. The van der Waals surface area contributed by atoms with Gasteiger partial charge in [0.05, 0.1) is 0 Å². The molecule has 0 radical (unpaired) electrons. The van der Waals surface area contributed by atoms with E-state index in [1.807, 2.05) is 0 Å². The minimum absolute atomic E-state index is 0.119. The molecular weight excluding hydrogens is 173 g/mol. The van der Waals surface area contributed by atoms with Crippen LogP contribution in [-0.2, 0) is 4.74 Å². The van der Waals surface area contributed by atoms with Crippen LogP contribution in [0.5, 0.6) is 0 Å². The van der Waals surface area contributed by atoms with Gasteiger partial charge < -0.3 is 9.64 Å². The largest absolute Gasteiger partial charge is 0.447 e. The van der Waals surface area contributed by atoms with Crippen LogP contribution < -0.4 is 0 Å². The molecule has 0 N–H and O–H groups in total. The molecule has 13 heavy (non-hydrogen) atoms. The molecule has 1 rings (SSSR count). The van der Waals surface area contributed by atoms with Gasteiger partial charge in [0.15, 0.2) is 0 Å². The van der Waals surface area contributed by atoms with Crippen LogP contribution in [0.25, 0.3) is 0 Å². The SMILES string of the molecule is CCC1CCN(C(=O)OCCF)C1. The van der Waals surface area contributed by atoms with Crippen LogP contribution in [-0.4, -0.2) is 37.4 Å². The van der Waals surface area contributed by atoms with Crippen LogP contribution in [0.1, 0.15) is 19.8 Å². The number of hydrogen-bond donors (Lipinski definition) is 0. The molecule has 76 valence electrons. The summed E-state index contributed by atoms with van der Waals surface area (Å²) in [5.41, 5.74) is 0. The fourth-order valence-corrected chi connectivity index (χ4v) is 1.55. The minimum atomic E-state index is -0.600. The molecule has 1 unspecified atom stereocenters. The van der Waals surface area contributed by atoms with E-state index in [0.29, 0.717) is 5.92 Å². The number of alkyl halides is 1. The van der Waals surface area contributed by atoms with E-state index in [1.54, 1.807) is 4.90 Å². The summed E-state index contributed by atoms with van der Waals surface area (Å²) in [4.78, 5) is 12.9. The Labute approximate surface area is 77.9 Å². The van der Waals surface area contributed by atoms with Crippen molar-refractivity contribution in [2.24, 2.45) is 5.92 Å². The van der Waals surface area contributed by atoms with E-state index in [9.17, 15) is 9.18 Å². The zero-order valence-electron chi connectivity index (χ0n) is 7.96. The number of likely N-dealkylation sites (tertiary alicyclic amines) is 1. The van der Waals surface area contributed by atoms with Crippen LogP contribution >= 0.6 is 0 Å². The van der Waals surface area contributed by atoms with Crippen LogP contribution in [0.15, 0.2) is 0 Å². The van der Waals surface area contributed by atoms with Gasteiger partial charge in [-0.3, -0.25) is 0 Å². The summed E-state index contributed by atoms with van der Waals surface area (Å²) in [6.45, 7) is 2.91. The molecule has 0 aliphatic carbocycles. The minimum Gasteiger partial charge on any atom is -0.447 e. The summed E-state index contributed by atoms with van der Waals surface area (Å²) < 4.78 is 16.4. The Morgan fingerprint density at radius 1 is 1.69 bits per heavy atom. The Kier molecular flexibility index (Phi) is 3.99. The lowest BCUT2D eigenvalue weighted by molar-refractivity contribution is 0.103. The Bertz CT molecular complexity index is 175. The van der Waals surface area contributed by atoms with Gasteiger partial charge in [-0.15, -0.1) is 0 Å². The van der Waals surface area contributed by atoms with Crippen LogP contribution in [0, 0.1) is 5.92 Å². The van der Waals surface area contributed by atoms with Crippen molar-refractivity contribution in [3.05, 3.63) is 0 Å². The highest BCUT2D eigenvalue weighted by atomic mass is 19.1. The predicted octanol–water partition coefficient (Wildman–Crippen LogP) is 1.82. The second-order valence-corrected chi connectivity index (χ2v) is 3.31. The van der Waals surface area contributed by atoms with Gasteiger partial charge >= 0.3 is 6.09 Å². The first-order valence-corrected chi connectivity index (χ1v) is 4.75. The zero-order valence-corrected chi connectivity index (χ0v) is 7.96. The lowest BCUT2D eigenvalue weighted by Crippen LogP contribution is -2.29. The highest BCUT2D eigenvalue weighted by molar-refractivity contribution is 5.67. The number of rotatable bonds is 3. The highest BCUT2D eigenvalue weighted by Crippen LogP contribution is 2.19. The quantitative estimate of drug-likeness (QED) is 0.677. The van der Waals surface area contributed by atoms with Crippen molar-refractivity contribution < 1.29 is 13.9 Å². The maximum atomic E-state index is 11.7. The summed E-state index contributed by atoms with van der Waals surface area (Å²) in [7, 11) is 0. The molecule has 1 fully saturated rings. The molecule has 1 amide bonds. The van der Waals surface area contributed by atoms with E-state index >= 15 is 0 Å². The van der Waals surface area contributed by atoms with Crippen molar-refractivity contribution in [1.29, 1.82) is 0 Å². The normalized spacial score (nSPS) is 22.0. The molecule has 0 spiro atoms. The number of ether oxygens (including phenoxy) is 1. The summed E-state index contributed by atoms with van der Waals surface area (Å²) in [5, 5.41) is 0. The molecule has 0 aromatic heterocycles. The maximum Gasteiger partial charge on any atom is 0.409 e. The maximum absolute atomic E-state index is 11.7. The molecule has 1 aliphatic rings. The van der Waals surface area contributed by atoms with Crippen molar-refractivity contribution in [2.75, 3.05) is 26.4 Å². The average molecular weight is 189 g/mol. The zero-order chi connectivity index (χ0) is 9.68. The van der Waals surface area contributed by atoms with Gasteiger partial charge in [-0.2, -0.15) is 0 Å². The lowest BCUT2D eigenvalue weighted by atomic mass is 10.1. The van der Waals surface area contributed by atoms with Crippen LogP contribution in [0.2, 0.25) is 0 Å². The highest BCUT2D eigenvalue weighted by Gasteiger charge is 2.25. The summed E-state index contributed by atoms with van der Waals surface area (Å²) in [6.07, 6.45) is 1.77. The van der Waals surface area contributed by atoms with Gasteiger partial charge in [0.2, 0.25) is 0 Å². The second-order valence-electron chi connectivity index (χ2n) is 3.31. The molecule has 0 aromatic carbocycles.